The largest absolute Gasteiger partial charge is 0.481 e. The Morgan fingerprint density at radius 2 is 1.44 bits per heavy atom. The number of carboxylic acid groups (broad SMARTS) is 1. The van der Waals surface area contributed by atoms with Gasteiger partial charge in [-0.1, -0.05) is 19.3 Å². The smallest absolute Gasteiger partial charge is 0.410 e. The molecular formula is C25H45N5O4. The number of hydrogen-bond donors (Lipinski definition) is 1. The van der Waals surface area contributed by atoms with E-state index in [4.69, 9.17) is 9.84 Å². The third-order valence-electron chi connectivity index (χ3n) is 8.17. The highest BCUT2D eigenvalue weighted by atomic mass is 16.6. The zero-order valence-electron chi connectivity index (χ0n) is 20.9. The first-order valence-corrected chi connectivity index (χ1v) is 13.7. The van der Waals surface area contributed by atoms with Gasteiger partial charge in [-0.25, -0.2) is 4.79 Å². The van der Waals surface area contributed by atoms with Gasteiger partial charge in [-0.15, -0.1) is 0 Å². The van der Waals surface area contributed by atoms with Gasteiger partial charge in [0.25, 0.3) is 0 Å². The van der Waals surface area contributed by atoms with Crippen LogP contribution in [0.2, 0.25) is 0 Å². The lowest BCUT2D eigenvalue weighted by Crippen LogP contribution is -2.50. The number of unbranched alkanes of at least 4 members (excludes halogenated alkanes) is 1. The predicted molar refractivity (Wildman–Crippen MR) is 131 cm³/mol. The first-order chi connectivity index (χ1) is 16.6. The quantitative estimate of drug-likeness (QED) is 0.448. The van der Waals surface area contributed by atoms with E-state index >= 15 is 0 Å². The molecule has 194 valence electrons. The Bertz CT molecular complexity index is 643. The highest BCUT2D eigenvalue weighted by Gasteiger charge is 2.33. The van der Waals surface area contributed by atoms with Crippen LogP contribution in [0.1, 0.15) is 51.4 Å². The lowest BCUT2D eigenvalue weighted by molar-refractivity contribution is -0.137. The summed E-state index contributed by atoms with van der Waals surface area (Å²) >= 11 is 0. The molecule has 1 N–H and O–H groups in total. The molecule has 0 aromatic heterocycles. The van der Waals surface area contributed by atoms with E-state index in [0.29, 0.717) is 13.1 Å². The van der Waals surface area contributed by atoms with Crippen molar-refractivity contribution in [2.75, 3.05) is 85.1 Å². The van der Waals surface area contributed by atoms with Gasteiger partial charge in [-0.2, -0.15) is 0 Å². The van der Waals surface area contributed by atoms with Gasteiger partial charge >= 0.3 is 12.1 Å². The van der Waals surface area contributed by atoms with E-state index < -0.39 is 5.97 Å². The monoisotopic (exact) mass is 479 g/mol. The Kier molecular flexibility index (Phi) is 9.85. The van der Waals surface area contributed by atoms with Crippen molar-refractivity contribution in [1.82, 2.24) is 24.5 Å². The number of ether oxygens (including phenoxy) is 1. The summed E-state index contributed by atoms with van der Waals surface area (Å²) in [5.74, 6) is -0.738. The third-order valence-corrected chi connectivity index (χ3v) is 8.17. The van der Waals surface area contributed by atoms with Gasteiger partial charge in [0.15, 0.2) is 0 Å². The van der Waals surface area contributed by atoms with Crippen molar-refractivity contribution < 1.29 is 19.4 Å². The summed E-state index contributed by atoms with van der Waals surface area (Å²) < 4.78 is 5.64. The Morgan fingerprint density at radius 1 is 0.824 bits per heavy atom. The molecule has 0 radical (unpaired) electrons. The molecule has 1 unspecified atom stereocenters. The molecule has 0 aromatic rings. The minimum absolute atomic E-state index is 0.0501. The second-order valence-corrected chi connectivity index (χ2v) is 10.6. The molecule has 4 aliphatic rings. The average Bonchev–Trinajstić information content (AvgIpc) is 3.21. The zero-order valence-corrected chi connectivity index (χ0v) is 20.9. The molecule has 0 bridgehead atoms. The van der Waals surface area contributed by atoms with Crippen molar-refractivity contribution in [3.63, 3.8) is 0 Å². The Hall–Kier alpha value is -1.42. The molecule has 0 aromatic carbocycles. The Balaban J connectivity index is 1.05. The van der Waals surface area contributed by atoms with Crippen LogP contribution in [-0.2, 0) is 9.53 Å². The van der Waals surface area contributed by atoms with Crippen LogP contribution in [0.5, 0.6) is 0 Å². The molecule has 3 aliphatic heterocycles. The van der Waals surface area contributed by atoms with E-state index in [1.165, 1.54) is 58.3 Å². The van der Waals surface area contributed by atoms with Gasteiger partial charge in [-0.3, -0.25) is 14.6 Å². The van der Waals surface area contributed by atoms with Crippen LogP contribution in [0.3, 0.4) is 0 Å². The van der Waals surface area contributed by atoms with Gasteiger partial charge in [-0.05, 0) is 32.2 Å². The third kappa shape index (κ3) is 7.80. The molecule has 1 saturated carbocycles. The fraction of sp³-hybridized carbons (Fsp3) is 0.920. The van der Waals surface area contributed by atoms with Gasteiger partial charge in [0, 0.05) is 78.0 Å². The van der Waals surface area contributed by atoms with Crippen molar-refractivity contribution in [2.45, 2.75) is 63.5 Å². The number of cyclic esters (lactones) is 1. The summed E-state index contributed by atoms with van der Waals surface area (Å²) in [7, 11) is 0. The van der Waals surface area contributed by atoms with Crippen molar-refractivity contribution in [3.05, 3.63) is 0 Å². The van der Waals surface area contributed by atoms with Gasteiger partial charge in [0.2, 0.25) is 0 Å². The number of carboxylic acids is 1. The molecule has 1 atom stereocenters. The lowest BCUT2D eigenvalue weighted by atomic mass is 9.94. The van der Waals surface area contributed by atoms with Crippen LogP contribution in [-0.4, -0.2) is 139 Å². The van der Waals surface area contributed by atoms with Crippen molar-refractivity contribution >= 4 is 12.1 Å². The fourth-order valence-corrected chi connectivity index (χ4v) is 6.03. The summed E-state index contributed by atoms with van der Waals surface area (Å²) in [5.41, 5.74) is 0. The second-order valence-electron chi connectivity index (χ2n) is 10.6. The maximum Gasteiger partial charge on any atom is 0.410 e. The van der Waals surface area contributed by atoms with Gasteiger partial charge < -0.3 is 24.5 Å². The number of piperazine rings is 2. The molecule has 4 rings (SSSR count). The van der Waals surface area contributed by atoms with E-state index in [1.54, 1.807) is 0 Å². The number of carbonyl (C=O) groups is 2. The first-order valence-electron chi connectivity index (χ1n) is 13.7. The summed E-state index contributed by atoms with van der Waals surface area (Å²) in [4.78, 5) is 34.8. The zero-order chi connectivity index (χ0) is 23.8. The standard InChI is InChI=1S/C25H45N5O4/c31-24(32)8-11-27-12-14-28(15-13-27)20-23-21-30(25(33)34-23)10-5-4-9-26-16-18-29(19-17-26)22-6-2-1-3-7-22/h22-23H,1-21H2,(H,31,32). The van der Waals surface area contributed by atoms with E-state index in [9.17, 15) is 9.59 Å². The highest BCUT2D eigenvalue weighted by Crippen LogP contribution is 2.23. The maximum atomic E-state index is 12.3. The number of rotatable bonds is 11. The maximum absolute atomic E-state index is 12.3. The van der Waals surface area contributed by atoms with Crippen molar-refractivity contribution in [2.24, 2.45) is 0 Å². The van der Waals surface area contributed by atoms with Crippen LogP contribution in [0.4, 0.5) is 4.79 Å². The van der Waals surface area contributed by atoms with Crippen LogP contribution in [0.15, 0.2) is 0 Å². The van der Waals surface area contributed by atoms with E-state index in [1.807, 2.05) is 4.90 Å². The van der Waals surface area contributed by atoms with Crippen LogP contribution >= 0.6 is 0 Å². The molecule has 34 heavy (non-hydrogen) atoms. The van der Waals surface area contributed by atoms with E-state index in [0.717, 1.165) is 64.7 Å². The van der Waals surface area contributed by atoms with Gasteiger partial charge in [0.1, 0.15) is 6.10 Å². The minimum Gasteiger partial charge on any atom is -0.481 e. The topological polar surface area (TPSA) is 79.8 Å². The molecule has 3 heterocycles. The lowest BCUT2D eigenvalue weighted by Gasteiger charge is -2.40. The highest BCUT2D eigenvalue weighted by molar-refractivity contribution is 5.69. The molecule has 0 spiro atoms. The van der Waals surface area contributed by atoms with Crippen molar-refractivity contribution in [3.8, 4) is 0 Å². The number of amides is 1. The minimum atomic E-state index is -0.738. The van der Waals surface area contributed by atoms with Crippen LogP contribution < -0.4 is 0 Å². The average molecular weight is 480 g/mol. The molecule has 4 fully saturated rings. The number of aliphatic carboxylic acids is 1. The summed E-state index contributed by atoms with van der Waals surface area (Å²) in [6, 6.07) is 0.839. The molecule has 9 heteroatoms. The number of carbonyl (C=O) groups excluding carboxylic acids is 1. The fourth-order valence-electron chi connectivity index (χ4n) is 6.03. The summed E-state index contributed by atoms with van der Waals surface area (Å²) in [6.45, 7) is 12.4. The predicted octanol–water partition coefficient (Wildman–Crippen LogP) is 1.63. The van der Waals surface area contributed by atoms with Crippen LogP contribution in [0, 0.1) is 0 Å². The number of nitrogens with zero attached hydrogens (tertiary/aromatic N) is 5. The van der Waals surface area contributed by atoms with E-state index in [-0.39, 0.29) is 18.6 Å². The van der Waals surface area contributed by atoms with Gasteiger partial charge in [0.05, 0.1) is 13.0 Å². The molecule has 3 saturated heterocycles. The number of hydrogen-bond acceptors (Lipinski definition) is 7. The Morgan fingerprint density at radius 3 is 2.15 bits per heavy atom. The van der Waals surface area contributed by atoms with E-state index in [2.05, 4.69) is 19.6 Å². The molecule has 9 nitrogen and oxygen atoms in total. The molecule has 1 amide bonds. The van der Waals surface area contributed by atoms with Crippen molar-refractivity contribution in [1.29, 1.82) is 0 Å². The molecule has 1 aliphatic carbocycles. The molecular weight excluding hydrogens is 434 g/mol. The second kappa shape index (κ2) is 13.0. The normalized spacial score (nSPS) is 26.8. The Labute approximate surface area is 205 Å². The summed E-state index contributed by atoms with van der Waals surface area (Å²) in [5, 5.41) is 8.84. The SMILES string of the molecule is O=C(O)CCN1CCN(CC2CN(CCCCN3CCN(C4CCCCC4)CC3)C(=O)O2)CC1. The first kappa shape index (κ1) is 25.7. The van der Waals surface area contributed by atoms with Crippen LogP contribution in [0.25, 0.3) is 0 Å². The summed E-state index contributed by atoms with van der Waals surface area (Å²) in [6.07, 6.45) is 9.21.